The van der Waals surface area contributed by atoms with Crippen LogP contribution in [0.1, 0.15) is 27.7 Å². The molecule has 6 nitrogen and oxygen atoms in total. The molecule has 112 valence electrons. The van der Waals surface area contributed by atoms with Crippen LogP contribution in [0.4, 0.5) is 0 Å². The molecule has 0 aromatic heterocycles. The van der Waals surface area contributed by atoms with Crippen LogP contribution >= 0.6 is 0 Å². The highest BCUT2D eigenvalue weighted by Crippen LogP contribution is 2.13. The standard InChI is InChI=1S/C13H28N4O2/c1-8(2)10(7-17(5)6)15-13(18)11(9(3)4)12(14)16-19/h8-11,19H,7H2,1-6H3,(H2,14,16)(H,15,18). The van der Waals surface area contributed by atoms with Crippen molar-refractivity contribution in [1.82, 2.24) is 10.2 Å². The second kappa shape index (κ2) is 7.99. The van der Waals surface area contributed by atoms with Crippen molar-refractivity contribution >= 4 is 11.7 Å². The maximum absolute atomic E-state index is 12.3. The fourth-order valence-corrected chi connectivity index (χ4v) is 1.93. The Bertz CT molecular complexity index is 314. The molecule has 4 N–H and O–H groups in total. The number of oxime groups is 1. The fourth-order valence-electron chi connectivity index (χ4n) is 1.93. The minimum absolute atomic E-state index is 0.0249. The van der Waals surface area contributed by atoms with E-state index in [0.29, 0.717) is 5.92 Å². The lowest BCUT2D eigenvalue weighted by atomic mass is 9.92. The van der Waals surface area contributed by atoms with Crippen molar-refractivity contribution in [3.8, 4) is 0 Å². The van der Waals surface area contributed by atoms with Crippen LogP contribution in [0.25, 0.3) is 0 Å². The molecule has 0 aliphatic heterocycles. The Labute approximate surface area is 116 Å². The highest BCUT2D eigenvalue weighted by Gasteiger charge is 2.29. The molecule has 0 aromatic carbocycles. The van der Waals surface area contributed by atoms with Crippen molar-refractivity contribution < 1.29 is 10.0 Å². The molecular formula is C13H28N4O2. The van der Waals surface area contributed by atoms with E-state index >= 15 is 0 Å². The number of carbonyl (C=O) groups is 1. The van der Waals surface area contributed by atoms with E-state index in [-0.39, 0.29) is 23.7 Å². The van der Waals surface area contributed by atoms with Crippen molar-refractivity contribution in [2.45, 2.75) is 33.7 Å². The van der Waals surface area contributed by atoms with Gasteiger partial charge in [-0.1, -0.05) is 32.9 Å². The molecule has 0 spiro atoms. The number of amidine groups is 1. The topological polar surface area (TPSA) is 91.0 Å². The van der Waals surface area contributed by atoms with Gasteiger partial charge in [0.2, 0.25) is 5.91 Å². The second-order valence-corrected chi connectivity index (χ2v) is 5.87. The summed E-state index contributed by atoms with van der Waals surface area (Å²) < 4.78 is 0. The van der Waals surface area contributed by atoms with E-state index in [0.717, 1.165) is 6.54 Å². The third kappa shape index (κ3) is 5.92. The summed E-state index contributed by atoms with van der Waals surface area (Å²) in [5, 5.41) is 14.7. The largest absolute Gasteiger partial charge is 0.409 e. The average Bonchev–Trinajstić information content (AvgIpc) is 2.26. The van der Waals surface area contributed by atoms with Crippen LogP contribution in [0.2, 0.25) is 0 Å². The van der Waals surface area contributed by atoms with Gasteiger partial charge in [0, 0.05) is 12.6 Å². The Hall–Kier alpha value is -1.30. The Balaban J connectivity index is 4.86. The summed E-state index contributed by atoms with van der Waals surface area (Å²) in [5.74, 6) is -0.548. The number of rotatable bonds is 7. The molecule has 0 aliphatic carbocycles. The first-order valence-corrected chi connectivity index (χ1v) is 6.63. The van der Waals surface area contributed by atoms with Gasteiger partial charge in [-0.3, -0.25) is 4.79 Å². The summed E-state index contributed by atoms with van der Waals surface area (Å²) in [6.45, 7) is 8.62. The van der Waals surface area contributed by atoms with Crippen LogP contribution in [0.15, 0.2) is 5.16 Å². The number of amides is 1. The number of nitrogens with zero attached hydrogens (tertiary/aromatic N) is 2. The first-order valence-electron chi connectivity index (χ1n) is 6.63. The highest BCUT2D eigenvalue weighted by atomic mass is 16.4. The van der Waals surface area contributed by atoms with E-state index in [4.69, 9.17) is 10.9 Å². The van der Waals surface area contributed by atoms with Gasteiger partial charge in [-0.25, -0.2) is 0 Å². The van der Waals surface area contributed by atoms with Gasteiger partial charge in [0.15, 0.2) is 5.84 Å². The first-order chi connectivity index (χ1) is 8.70. The first kappa shape index (κ1) is 17.7. The lowest BCUT2D eigenvalue weighted by Crippen LogP contribution is -2.50. The molecule has 2 unspecified atom stereocenters. The van der Waals surface area contributed by atoms with Gasteiger partial charge in [-0.2, -0.15) is 0 Å². The number of hydrogen-bond donors (Lipinski definition) is 3. The van der Waals surface area contributed by atoms with Crippen LogP contribution in [-0.2, 0) is 4.79 Å². The summed E-state index contributed by atoms with van der Waals surface area (Å²) in [6.07, 6.45) is 0. The molecule has 0 radical (unpaired) electrons. The smallest absolute Gasteiger partial charge is 0.231 e. The molecule has 0 saturated carbocycles. The Morgan fingerprint density at radius 2 is 1.79 bits per heavy atom. The minimum atomic E-state index is -0.603. The third-order valence-corrected chi connectivity index (χ3v) is 3.08. The number of hydrogen-bond acceptors (Lipinski definition) is 4. The zero-order chi connectivity index (χ0) is 15.2. The lowest BCUT2D eigenvalue weighted by Gasteiger charge is -2.28. The number of carbonyl (C=O) groups excluding carboxylic acids is 1. The molecule has 0 aromatic rings. The second-order valence-electron chi connectivity index (χ2n) is 5.87. The summed E-state index contributed by atoms with van der Waals surface area (Å²) in [5.41, 5.74) is 5.60. The maximum Gasteiger partial charge on any atom is 0.231 e. The van der Waals surface area contributed by atoms with Gasteiger partial charge in [0.05, 0.1) is 0 Å². The van der Waals surface area contributed by atoms with Gasteiger partial charge in [0.25, 0.3) is 0 Å². The predicted molar refractivity (Wildman–Crippen MR) is 77.1 cm³/mol. The van der Waals surface area contributed by atoms with E-state index in [1.165, 1.54) is 0 Å². The van der Waals surface area contributed by atoms with Gasteiger partial charge in [0.1, 0.15) is 5.92 Å². The number of likely N-dealkylation sites (N-methyl/N-ethyl adjacent to an activating group) is 1. The SMILES string of the molecule is CC(C)C(CN(C)C)NC(=O)C(C(N)=NO)C(C)C. The molecule has 19 heavy (non-hydrogen) atoms. The molecule has 0 saturated heterocycles. The minimum Gasteiger partial charge on any atom is -0.409 e. The molecule has 2 atom stereocenters. The van der Waals surface area contributed by atoms with E-state index < -0.39 is 5.92 Å². The van der Waals surface area contributed by atoms with Crippen molar-refractivity contribution in [3.05, 3.63) is 0 Å². The van der Waals surface area contributed by atoms with Crippen LogP contribution in [0.5, 0.6) is 0 Å². The number of nitrogens with one attached hydrogen (secondary N) is 1. The van der Waals surface area contributed by atoms with Crippen LogP contribution in [-0.4, -0.2) is 48.5 Å². The quantitative estimate of drug-likeness (QED) is 0.275. The van der Waals surface area contributed by atoms with Gasteiger partial charge >= 0.3 is 0 Å². The van der Waals surface area contributed by atoms with Gasteiger partial charge in [-0.05, 0) is 25.9 Å². The zero-order valence-electron chi connectivity index (χ0n) is 12.8. The van der Waals surface area contributed by atoms with E-state index in [2.05, 4.69) is 24.3 Å². The zero-order valence-corrected chi connectivity index (χ0v) is 12.8. The van der Waals surface area contributed by atoms with Crippen LogP contribution in [0, 0.1) is 17.8 Å². The molecule has 0 aliphatic rings. The van der Waals surface area contributed by atoms with Gasteiger partial charge in [-0.15, -0.1) is 0 Å². The number of nitrogens with two attached hydrogens (primary N) is 1. The summed E-state index contributed by atoms with van der Waals surface area (Å²) in [4.78, 5) is 14.3. The average molecular weight is 272 g/mol. The van der Waals surface area contributed by atoms with E-state index in [9.17, 15) is 4.79 Å². The molecule has 6 heteroatoms. The monoisotopic (exact) mass is 272 g/mol. The van der Waals surface area contributed by atoms with Crippen molar-refractivity contribution in [2.24, 2.45) is 28.6 Å². The fraction of sp³-hybridized carbons (Fsp3) is 0.846. The maximum atomic E-state index is 12.3. The van der Waals surface area contributed by atoms with Crippen molar-refractivity contribution in [3.63, 3.8) is 0 Å². The van der Waals surface area contributed by atoms with Crippen molar-refractivity contribution in [2.75, 3.05) is 20.6 Å². The molecule has 0 heterocycles. The predicted octanol–water partition coefficient (Wildman–Crippen LogP) is 0.707. The van der Waals surface area contributed by atoms with E-state index in [1.54, 1.807) is 0 Å². The molecule has 0 fully saturated rings. The summed E-state index contributed by atoms with van der Waals surface area (Å²) in [7, 11) is 3.93. The highest BCUT2D eigenvalue weighted by molar-refractivity contribution is 6.02. The van der Waals surface area contributed by atoms with Crippen LogP contribution < -0.4 is 11.1 Å². The third-order valence-electron chi connectivity index (χ3n) is 3.08. The Kier molecular flexibility index (Phi) is 7.44. The Morgan fingerprint density at radius 3 is 2.11 bits per heavy atom. The summed E-state index contributed by atoms with van der Waals surface area (Å²) >= 11 is 0. The normalized spacial score (nSPS) is 15.9. The van der Waals surface area contributed by atoms with E-state index in [1.807, 2.05) is 32.8 Å². The molecular weight excluding hydrogens is 244 g/mol. The summed E-state index contributed by atoms with van der Waals surface area (Å²) in [6, 6.07) is 0.0373. The molecule has 0 bridgehead atoms. The molecule has 0 rings (SSSR count). The lowest BCUT2D eigenvalue weighted by molar-refractivity contribution is -0.125. The molecule has 1 amide bonds. The van der Waals surface area contributed by atoms with Crippen molar-refractivity contribution in [1.29, 1.82) is 0 Å². The Morgan fingerprint density at radius 1 is 1.26 bits per heavy atom. The van der Waals surface area contributed by atoms with Crippen LogP contribution in [0.3, 0.4) is 0 Å². The van der Waals surface area contributed by atoms with Gasteiger partial charge < -0.3 is 21.2 Å².